The molecule has 1 amide bonds. The van der Waals surface area contributed by atoms with E-state index in [0.29, 0.717) is 11.7 Å². The Bertz CT molecular complexity index is 649. The summed E-state index contributed by atoms with van der Waals surface area (Å²) < 4.78 is 5.50. The fourth-order valence-electron chi connectivity index (χ4n) is 1.92. The Morgan fingerprint density at radius 3 is 2.62 bits per heavy atom. The standard InChI is InChI=1S/C15H16N2O4/c1-9(8-12(18)19)16-14(20)13-10(2)21-15(17-13)11-6-4-3-5-7-11/h3-7,9H,8H2,1-2H3,(H,16,20)(H,18,19). The lowest BCUT2D eigenvalue weighted by Gasteiger charge is -2.09. The van der Waals surface area contributed by atoms with Gasteiger partial charge >= 0.3 is 5.97 Å². The van der Waals surface area contributed by atoms with Crippen molar-refractivity contribution in [1.29, 1.82) is 0 Å². The van der Waals surface area contributed by atoms with Crippen molar-refractivity contribution in [2.45, 2.75) is 26.3 Å². The number of aromatic nitrogens is 1. The Labute approximate surface area is 121 Å². The molecule has 0 spiro atoms. The highest BCUT2D eigenvalue weighted by atomic mass is 16.4. The average molecular weight is 288 g/mol. The minimum Gasteiger partial charge on any atom is -0.481 e. The lowest BCUT2D eigenvalue weighted by Crippen LogP contribution is -2.34. The second-order valence-corrected chi connectivity index (χ2v) is 4.76. The van der Waals surface area contributed by atoms with Gasteiger partial charge in [0.1, 0.15) is 5.76 Å². The maximum atomic E-state index is 12.1. The van der Waals surface area contributed by atoms with Gasteiger partial charge in [-0.2, -0.15) is 0 Å². The normalized spacial score (nSPS) is 11.9. The number of carbonyl (C=O) groups excluding carboxylic acids is 1. The molecule has 0 aliphatic rings. The van der Waals surface area contributed by atoms with E-state index in [2.05, 4.69) is 10.3 Å². The number of aryl methyl sites for hydroxylation is 1. The van der Waals surface area contributed by atoms with Crippen LogP contribution in [0.15, 0.2) is 34.7 Å². The molecule has 0 fully saturated rings. The number of carbonyl (C=O) groups is 2. The lowest BCUT2D eigenvalue weighted by molar-refractivity contribution is -0.137. The maximum absolute atomic E-state index is 12.1. The van der Waals surface area contributed by atoms with E-state index in [-0.39, 0.29) is 12.1 Å². The van der Waals surface area contributed by atoms with Crippen LogP contribution in [0.4, 0.5) is 0 Å². The van der Waals surface area contributed by atoms with Crippen molar-refractivity contribution >= 4 is 11.9 Å². The Morgan fingerprint density at radius 1 is 1.33 bits per heavy atom. The largest absolute Gasteiger partial charge is 0.481 e. The van der Waals surface area contributed by atoms with Crippen LogP contribution in [-0.2, 0) is 4.79 Å². The SMILES string of the molecule is Cc1oc(-c2ccccc2)nc1C(=O)NC(C)CC(=O)O. The van der Waals surface area contributed by atoms with Crippen LogP contribution in [-0.4, -0.2) is 28.0 Å². The highest BCUT2D eigenvalue weighted by Crippen LogP contribution is 2.21. The van der Waals surface area contributed by atoms with E-state index in [1.54, 1.807) is 13.8 Å². The van der Waals surface area contributed by atoms with Crippen molar-refractivity contribution in [1.82, 2.24) is 10.3 Å². The van der Waals surface area contributed by atoms with E-state index in [0.717, 1.165) is 5.56 Å². The molecule has 1 atom stereocenters. The van der Waals surface area contributed by atoms with Gasteiger partial charge in [0, 0.05) is 11.6 Å². The molecule has 1 heterocycles. The van der Waals surface area contributed by atoms with E-state index in [1.807, 2.05) is 30.3 Å². The molecule has 0 saturated heterocycles. The van der Waals surface area contributed by atoms with Crippen molar-refractivity contribution in [3.05, 3.63) is 41.8 Å². The van der Waals surface area contributed by atoms with Crippen molar-refractivity contribution in [3.63, 3.8) is 0 Å². The minimum atomic E-state index is -0.968. The third kappa shape index (κ3) is 3.68. The first-order valence-corrected chi connectivity index (χ1v) is 6.53. The van der Waals surface area contributed by atoms with Crippen LogP contribution in [0.3, 0.4) is 0 Å². The lowest BCUT2D eigenvalue weighted by atomic mass is 10.2. The fourth-order valence-corrected chi connectivity index (χ4v) is 1.92. The van der Waals surface area contributed by atoms with E-state index >= 15 is 0 Å². The molecule has 0 aliphatic heterocycles. The smallest absolute Gasteiger partial charge is 0.305 e. The summed E-state index contributed by atoms with van der Waals surface area (Å²) in [4.78, 5) is 26.9. The summed E-state index contributed by atoms with van der Waals surface area (Å²) in [5, 5.41) is 11.3. The van der Waals surface area contributed by atoms with Gasteiger partial charge in [0.25, 0.3) is 5.91 Å². The molecule has 0 aliphatic carbocycles. The van der Waals surface area contributed by atoms with Crippen LogP contribution in [0.25, 0.3) is 11.5 Å². The third-order valence-electron chi connectivity index (χ3n) is 2.89. The number of carboxylic acid groups (broad SMARTS) is 1. The van der Waals surface area contributed by atoms with E-state index < -0.39 is 17.9 Å². The summed E-state index contributed by atoms with van der Waals surface area (Å²) in [6.45, 7) is 3.27. The number of hydrogen-bond donors (Lipinski definition) is 2. The van der Waals surface area contributed by atoms with Gasteiger partial charge in [-0.3, -0.25) is 9.59 Å². The first kappa shape index (κ1) is 14.8. The second-order valence-electron chi connectivity index (χ2n) is 4.76. The highest BCUT2D eigenvalue weighted by Gasteiger charge is 2.20. The maximum Gasteiger partial charge on any atom is 0.305 e. The van der Waals surface area contributed by atoms with Crippen molar-refractivity contribution in [2.75, 3.05) is 0 Å². The molecule has 2 aromatic rings. The number of benzene rings is 1. The van der Waals surface area contributed by atoms with Gasteiger partial charge in [-0.05, 0) is 26.0 Å². The predicted octanol–water partition coefficient (Wildman–Crippen LogP) is 2.24. The fraction of sp³-hybridized carbons (Fsp3) is 0.267. The summed E-state index contributed by atoms with van der Waals surface area (Å²) in [5.41, 5.74) is 0.948. The molecule has 110 valence electrons. The molecule has 2 rings (SSSR count). The van der Waals surface area contributed by atoms with Crippen LogP contribution < -0.4 is 5.32 Å². The molecule has 0 radical (unpaired) electrons. The number of hydrogen-bond acceptors (Lipinski definition) is 4. The molecule has 0 saturated carbocycles. The summed E-state index contributed by atoms with van der Waals surface area (Å²) in [7, 11) is 0. The Balaban J connectivity index is 2.16. The van der Waals surface area contributed by atoms with Crippen LogP contribution >= 0.6 is 0 Å². The highest BCUT2D eigenvalue weighted by molar-refractivity contribution is 5.94. The van der Waals surface area contributed by atoms with Gasteiger partial charge in [-0.1, -0.05) is 18.2 Å². The minimum absolute atomic E-state index is 0.145. The number of nitrogens with one attached hydrogen (secondary N) is 1. The molecular weight excluding hydrogens is 272 g/mol. The molecule has 1 unspecified atom stereocenters. The van der Waals surface area contributed by atoms with Gasteiger partial charge in [0.05, 0.1) is 6.42 Å². The first-order chi connectivity index (χ1) is 9.97. The Kier molecular flexibility index (Phi) is 4.37. The number of oxazole rings is 1. The first-order valence-electron chi connectivity index (χ1n) is 6.53. The molecule has 2 N–H and O–H groups in total. The monoisotopic (exact) mass is 288 g/mol. The van der Waals surface area contributed by atoms with Crippen LogP contribution in [0.5, 0.6) is 0 Å². The molecule has 21 heavy (non-hydrogen) atoms. The zero-order valence-corrected chi connectivity index (χ0v) is 11.8. The number of nitrogens with zero attached hydrogens (tertiary/aromatic N) is 1. The zero-order chi connectivity index (χ0) is 15.4. The van der Waals surface area contributed by atoms with Gasteiger partial charge < -0.3 is 14.8 Å². The van der Waals surface area contributed by atoms with E-state index in [9.17, 15) is 9.59 Å². The third-order valence-corrected chi connectivity index (χ3v) is 2.89. The van der Waals surface area contributed by atoms with Gasteiger partial charge in [-0.25, -0.2) is 4.98 Å². The number of aliphatic carboxylic acids is 1. The van der Waals surface area contributed by atoms with E-state index in [4.69, 9.17) is 9.52 Å². The van der Waals surface area contributed by atoms with Crippen LogP contribution in [0, 0.1) is 6.92 Å². The molecule has 6 heteroatoms. The molecule has 6 nitrogen and oxygen atoms in total. The van der Waals surface area contributed by atoms with Gasteiger partial charge in [0.15, 0.2) is 5.69 Å². The van der Waals surface area contributed by atoms with Gasteiger partial charge in [-0.15, -0.1) is 0 Å². The molecule has 1 aromatic carbocycles. The van der Waals surface area contributed by atoms with Crippen molar-refractivity contribution in [3.8, 4) is 11.5 Å². The molecule has 1 aromatic heterocycles. The molecule has 0 bridgehead atoms. The summed E-state index contributed by atoms with van der Waals surface area (Å²) in [6, 6.07) is 8.76. The van der Waals surface area contributed by atoms with Crippen LogP contribution in [0.2, 0.25) is 0 Å². The second kappa shape index (κ2) is 6.21. The number of amides is 1. The van der Waals surface area contributed by atoms with Gasteiger partial charge in [0.2, 0.25) is 5.89 Å². The van der Waals surface area contributed by atoms with Crippen molar-refractivity contribution in [2.24, 2.45) is 0 Å². The summed E-state index contributed by atoms with van der Waals surface area (Å²) in [5.74, 6) is -0.644. The predicted molar refractivity (Wildman–Crippen MR) is 75.9 cm³/mol. The number of rotatable bonds is 5. The Morgan fingerprint density at radius 2 is 2.00 bits per heavy atom. The summed E-state index contributed by atoms with van der Waals surface area (Å²) >= 11 is 0. The quantitative estimate of drug-likeness (QED) is 0.880. The zero-order valence-electron chi connectivity index (χ0n) is 11.8. The molecular formula is C15H16N2O4. The van der Waals surface area contributed by atoms with Crippen LogP contribution in [0.1, 0.15) is 29.6 Å². The summed E-state index contributed by atoms with van der Waals surface area (Å²) in [6.07, 6.45) is -0.145. The Hall–Kier alpha value is -2.63. The number of carboxylic acids is 1. The van der Waals surface area contributed by atoms with Crippen molar-refractivity contribution < 1.29 is 19.1 Å². The van der Waals surface area contributed by atoms with E-state index in [1.165, 1.54) is 0 Å². The topological polar surface area (TPSA) is 92.4 Å². The average Bonchev–Trinajstić information content (AvgIpc) is 2.81.